The summed E-state index contributed by atoms with van der Waals surface area (Å²) in [5, 5.41) is 16.0. The van der Waals surface area contributed by atoms with E-state index in [0.717, 1.165) is 19.3 Å². The Balaban J connectivity index is 2.21. The fourth-order valence-corrected chi connectivity index (χ4v) is 4.01. The van der Waals surface area contributed by atoms with Crippen LogP contribution < -0.4 is 10.6 Å². The van der Waals surface area contributed by atoms with E-state index in [2.05, 4.69) is 10.6 Å². The number of hydrogen-bond acceptors (Lipinski definition) is 4. The van der Waals surface area contributed by atoms with Crippen molar-refractivity contribution >= 4 is 33.0 Å². The minimum atomic E-state index is -3.51. The minimum absolute atomic E-state index is 0.0407. The largest absolute Gasteiger partial charge is 0.506 e. The summed E-state index contributed by atoms with van der Waals surface area (Å²) in [6, 6.07) is 4.20. The lowest BCUT2D eigenvalue weighted by molar-refractivity contribution is 0.473. The Morgan fingerprint density at radius 2 is 2.05 bits per heavy atom. The number of thiocarbonyl (C=S) groups is 1. The van der Waals surface area contributed by atoms with E-state index in [-0.39, 0.29) is 16.3 Å². The lowest BCUT2D eigenvalue weighted by Crippen LogP contribution is -2.29. The van der Waals surface area contributed by atoms with Gasteiger partial charge in [-0.25, -0.2) is 8.42 Å². The highest BCUT2D eigenvalue weighted by molar-refractivity contribution is 7.89. The minimum Gasteiger partial charge on any atom is -0.506 e. The molecule has 1 heterocycles. The van der Waals surface area contributed by atoms with Crippen LogP contribution >= 0.6 is 12.2 Å². The third-order valence-corrected chi connectivity index (χ3v) is 5.60. The van der Waals surface area contributed by atoms with Gasteiger partial charge in [0.2, 0.25) is 10.0 Å². The lowest BCUT2D eigenvalue weighted by Gasteiger charge is -2.17. The number of rotatable bonds is 5. The number of phenols is 1. The summed E-state index contributed by atoms with van der Waals surface area (Å²) in [7, 11) is -3.51. The Morgan fingerprint density at radius 3 is 2.68 bits per heavy atom. The van der Waals surface area contributed by atoms with Crippen LogP contribution in [0.3, 0.4) is 0 Å². The molecule has 0 bridgehead atoms. The van der Waals surface area contributed by atoms with Crippen LogP contribution in [0.4, 0.5) is 5.69 Å². The Bertz CT molecular complexity index is 641. The Hall–Kier alpha value is -1.38. The van der Waals surface area contributed by atoms with Gasteiger partial charge in [0.25, 0.3) is 0 Å². The molecule has 0 radical (unpaired) electrons. The molecule has 0 unspecified atom stereocenters. The molecule has 8 heteroatoms. The van der Waals surface area contributed by atoms with Gasteiger partial charge in [-0.15, -0.1) is 0 Å². The highest BCUT2D eigenvalue weighted by Crippen LogP contribution is 2.29. The van der Waals surface area contributed by atoms with Gasteiger partial charge in [0.05, 0.1) is 10.6 Å². The molecule has 1 aromatic rings. The molecule has 0 atom stereocenters. The number of benzene rings is 1. The first kappa shape index (κ1) is 17.0. The molecule has 22 heavy (non-hydrogen) atoms. The molecule has 1 aromatic carbocycles. The van der Waals surface area contributed by atoms with Crippen molar-refractivity contribution in [1.29, 1.82) is 0 Å². The van der Waals surface area contributed by atoms with Gasteiger partial charge in [-0.3, -0.25) is 0 Å². The standard InChI is InChI=1S/C14H21N3O3S2/c1-2-7-15-14(21)16-12-10-11(5-6-13(12)18)22(19,20)17-8-3-4-9-17/h5-6,10,18H,2-4,7-9H2,1H3,(H2,15,16,21). The van der Waals surface area contributed by atoms with Gasteiger partial charge in [-0.05, 0) is 49.7 Å². The van der Waals surface area contributed by atoms with Crippen LogP contribution in [0.15, 0.2) is 23.1 Å². The molecule has 6 nitrogen and oxygen atoms in total. The zero-order valence-electron chi connectivity index (χ0n) is 12.5. The maximum atomic E-state index is 12.5. The second-order valence-corrected chi connectivity index (χ2v) is 7.52. The summed E-state index contributed by atoms with van der Waals surface area (Å²) in [6.07, 6.45) is 2.68. The number of hydrogen-bond donors (Lipinski definition) is 3. The van der Waals surface area contributed by atoms with Crippen molar-refractivity contribution in [3.8, 4) is 5.75 Å². The molecule has 0 aromatic heterocycles. The monoisotopic (exact) mass is 343 g/mol. The van der Waals surface area contributed by atoms with Crippen LogP contribution in [0, 0.1) is 0 Å². The highest BCUT2D eigenvalue weighted by Gasteiger charge is 2.27. The van der Waals surface area contributed by atoms with Gasteiger partial charge in [0.1, 0.15) is 5.75 Å². The van der Waals surface area contributed by atoms with Gasteiger partial charge in [-0.2, -0.15) is 4.31 Å². The quantitative estimate of drug-likeness (QED) is 0.559. The maximum Gasteiger partial charge on any atom is 0.243 e. The Morgan fingerprint density at radius 1 is 1.36 bits per heavy atom. The van der Waals surface area contributed by atoms with E-state index in [9.17, 15) is 13.5 Å². The molecule has 2 rings (SSSR count). The van der Waals surface area contributed by atoms with Crippen molar-refractivity contribution in [3.05, 3.63) is 18.2 Å². The zero-order valence-corrected chi connectivity index (χ0v) is 14.1. The lowest BCUT2D eigenvalue weighted by atomic mass is 10.3. The molecular weight excluding hydrogens is 322 g/mol. The van der Waals surface area contributed by atoms with Crippen LogP contribution in [0.5, 0.6) is 5.75 Å². The third kappa shape index (κ3) is 3.88. The van der Waals surface area contributed by atoms with Crippen molar-refractivity contribution < 1.29 is 13.5 Å². The fourth-order valence-electron chi connectivity index (χ4n) is 2.26. The van der Waals surface area contributed by atoms with Crippen LogP contribution in [0.25, 0.3) is 0 Å². The van der Waals surface area contributed by atoms with Gasteiger partial charge in [-0.1, -0.05) is 6.92 Å². The number of nitrogens with one attached hydrogen (secondary N) is 2. The first-order chi connectivity index (χ1) is 10.4. The van der Waals surface area contributed by atoms with E-state index in [1.165, 1.54) is 22.5 Å². The molecule has 1 fully saturated rings. The number of nitrogens with zero attached hydrogens (tertiary/aromatic N) is 1. The molecule has 0 saturated carbocycles. The third-order valence-electron chi connectivity index (χ3n) is 3.45. The van der Waals surface area contributed by atoms with Gasteiger partial charge >= 0.3 is 0 Å². The van der Waals surface area contributed by atoms with Crippen molar-refractivity contribution in [2.75, 3.05) is 25.0 Å². The second-order valence-electron chi connectivity index (χ2n) is 5.17. The molecular formula is C14H21N3O3S2. The van der Waals surface area contributed by atoms with E-state index in [1.807, 2.05) is 6.92 Å². The molecule has 0 amide bonds. The first-order valence-corrected chi connectivity index (χ1v) is 9.18. The SMILES string of the molecule is CCCNC(=S)Nc1cc(S(=O)(=O)N2CCCC2)ccc1O. The van der Waals surface area contributed by atoms with Crippen LogP contribution in [-0.2, 0) is 10.0 Å². The first-order valence-electron chi connectivity index (χ1n) is 7.33. The van der Waals surface area contributed by atoms with Crippen molar-refractivity contribution in [2.24, 2.45) is 0 Å². The van der Waals surface area contributed by atoms with Crippen LogP contribution in [0.1, 0.15) is 26.2 Å². The molecule has 3 N–H and O–H groups in total. The van der Waals surface area contributed by atoms with E-state index in [4.69, 9.17) is 12.2 Å². The van der Waals surface area contributed by atoms with E-state index >= 15 is 0 Å². The summed E-state index contributed by atoms with van der Waals surface area (Å²) >= 11 is 5.11. The predicted molar refractivity (Wildman–Crippen MR) is 90.6 cm³/mol. The van der Waals surface area contributed by atoms with E-state index in [1.54, 1.807) is 0 Å². The molecule has 1 aliphatic heterocycles. The van der Waals surface area contributed by atoms with Crippen molar-refractivity contribution in [1.82, 2.24) is 9.62 Å². The summed E-state index contributed by atoms with van der Waals surface area (Å²) in [4.78, 5) is 0.160. The van der Waals surface area contributed by atoms with Crippen molar-refractivity contribution in [3.63, 3.8) is 0 Å². The summed E-state index contributed by atoms with van der Waals surface area (Å²) in [5.74, 6) is -0.0407. The summed E-state index contributed by atoms with van der Waals surface area (Å²) < 4.78 is 26.5. The topological polar surface area (TPSA) is 81.7 Å². The highest BCUT2D eigenvalue weighted by atomic mass is 32.2. The van der Waals surface area contributed by atoms with Gasteiger partial charge in [0.15, 0.2) is 5.11 Å². The van der Waals surface area contributed by atoms with Crippen molar-refractivity contribution in [2.45, 2.75) is 31.1 Å². The average Bonchev–Trinajstić information content (AvgIpc) is 3.02. The number of aromatic hydroxyl groups is 1. The molecule has 0 aliphatic carbocycles. The van der Waals surface area contributed by atoms with E-state index < -0.39 is 10.0 Å². The normalized spacial score (nSPS) is 15.7. The number of sulfonamides is 1. The molecule has 1 saturated heterocycles. The Labute approximate surface area is 136 Å². The Kier molecular flexibility index (Phi) is 5.60. The number of phenolic OH excluding ortho intramolecular Hbond substituents is 1. The van der Waals surface area contributed by atoms with E-state index in [0.29, 0.717) is 24.7 Å². The summed E-state index contributed by atoms with van der Waals surface area (Å²) in [5.41, 5.74) is 0.286. The predicted octanol–water partition coefficient (Wildman–Crippen LogP) is 1.87. The van der Waals surface area contributed by atoms with Gasteiger partial charge < -0.3 is 15.7 Å². The smallest absolute Gasteiger partial charge is 0.243 e. The zero-order chi connectivity index (χ0) is 16.2. The molecule has 1 aliphatic rings. The maximum absolute atomic E-state index is 12.5. The second kappa shape index (κ2) is 7.26. The van der Waals surface area contributed by atoms with Crippen LogP contribution in [-0.4, -0.2) is 42.6 Å². The molecule has 0 spiro atoms. The van der Waals surface area contributed by atoms with Crippen LogP contribution in [0.2, 0.25) is 0 Å². The number of anilines is 1. The fraction of sp³-hybridized carbons (Fsp3) is 0.500. The summed E-state index contributed by atoms with van der Waals surface area (Å²) in [6.45, 7) is 3.81. The van der Waals surface area contributed by atoms with Gasteiger partial charge in [0, 0.05) is 19.6 Å². The average molecular weight is 343 g/mol. The molecule has 122 valence electrons.